The Hall–Kier alpha value is -1.59. The van der Waals surface area contributed by atoms with Gasteiger partial charge in [0.05, 0.1) is 18.7 Å². The van der Waals surface area contributed by atoms with Gasteiger partial charge in [-0.25, -0.2) is 4.79 Å². The molecule has 0 aromatic heterocycles. The molecule has 0 saturated heterocycles. The highest BCUT2D eigenvalue weighted by molar-refractivity contribution is 7.80. The molecular formula is C15H17ClN2O2S. The molecule has 0 amide bonds. The molecule has 0 radical (unpaired) electrons. The average Bonchev–Trinajstić information content (AvgIpc) is 2.47. The molecule has 4 nitrogen and oxygen atoms in total. The van der Waals surface area contributed by atoms with Crippen LogP contribution >= 0.6 is 23.8 Å². The van der Waals surface area contributed by atoms with Crippen molar-refractivity contribution in [1.82, 2.24) is 10.2 Å². The number of benzene rings is 1. The van der Waals surface area contributed by atoms with Crippen LogP contribution in [0.5, 0.6) is 0 Å². The summed E-state index contributed by atoms with van der Waals surface area (Å²) in [6.45, 7) is 4.55. The third kappa shape index (κ3) is 3.04. The third-order valence-corrected chi connectivity index (χ3v) is 4.11. The molecule has 0 aliphatic carbocycles. The number of allylic oxidation sites excluding steroid dienone is 1. The molecule has 0 bridgehead atoms. The maximum absolute atomic E-state index is 12.2. The maximum atomic E-state index is 12.2. The van der Waals surface area contributed by atoms with E-state index >= 15 is 0 Å². The fourth-order valence-electron chi connectivity index (χ4n) is 2.44. The van der Waals surface area contributed by atoms with Crippen molar-refractivity contribution < 1.29 is 9.53 Å². The van der Waals surface area contributed by atoms with Crippen molar-refractivity contribution in [2.24, 2.45) is 0 Å². The average molecular weight is 325 g/mol. The highest BCUT2D eigenvalue weighted by Gasteiger charge is 2.33. The largest absolute Gasteiger partial charge is 0.466 e. The lowest BCUT2D eigenvalue weighted by molar-refractivity contribution is -0.136. The van der Waals surface area contributed by atoms with E-state index in [0.29, 0.717) is 22.3 Å². The van der Waals surface area contributed by atoms with Gasteiger partial charge in [-0.05, 0) is 43.8 Å². The van der Waals surface area contributed by atoms with Crippen molar-refractivity contribution in [1.29, 1.82) is 0 Å². The van der Waals surface area contributed by atoms with Gasteiger partial charge in [0.25, 0.3) is 0 Å². The number of hydrogen-bond acceptors (Lipinski definition) is 3. The predicted octanol–water partition coefficient (Wildman–Crippen LogP) is 3.04. The molecule has 1 aliphatic rings. The van der Waals surface area contributed by atoms with Gasteiger partial charge >= 0.3 is 5.97 Å². The van der Waals surface area contributed by atoms with Crippen LogP contribution < -0.4 is 5.32 Å². The highest BCUT2D eigenvalue weighted by Crippen LogP contribution is 2.31. The van der Waals surface area contributed by atoms with Crippen LogP contribution in [0.4, 0.5) is 0 Å². The Morgan fingerprint density at radius 2 is 2.05 bits per heavy atom. The summed E-state index contributed by atoms with van der Waals surface area (Å²) in [4.78, 5) is 14.1. The van der Waals surface area contributed by atoms with Crippen LogP contribution in [0.3, 0.4) is 0 Å². The van der Waals surface area contributed by atoms with E-state index in [-0.39, 0.29) is 12.0 Å². The van der Waals surface area contributed by atoms with Gasteiger partial charge < -0.3 is 15.0 Å². The van der Waals surface area contributed by atoms with Crippen LogP contribution in [0, 0.1) is 0 Å². The van der Waals surface area contributed by atoms with Crippen LogP contribution in [0.1, 0.15) is 25.5 Å². The molecule has 0 saturated carbocycles. The number of nitrogens with zero attached hydrogens (tertiary/aromatic N) is 1. The quantitative estimate of drug-likeness (QED) is 0.683. The Kier molecular flexibility index (Phi) is 4.85. The summed E-state index contributed by atoms with van der Waals surface area (Å²) in [6, 6.07) is 7.00. The zero-order valence-electron chi connectivity index (χ0n) is 12.1. The van der Waals surface area contributed by atoms with E-state index < -0.39 is 0 Å². The Bertz CT molecular complexity index is 598. The fourth-order valence-corrected chi connectivity index (χ4v) is 2.95. The number of methoxy groups -OCH3 is 1. The van der Waals surface area contributed by atoms with Gasteiger partial charge in [-0.2, -0.15) is 0 Å². The molecule has 1 aromatic carbocycles. The van der Waals surface area contributed by atoms with Gasteiger partial charge in [-0.15, -0.1) is 0 Å². The van der Waals surface area contributed by atoms with Crippen LogP contribution in [0.2, 0.25) is 5.02 Å². The topological polar surface area (TPSA) is 41.6 Å². The van der Waals surface area contributed by atoms with Gasteiger partial charge in [0.2, 0.25) is 0 Å². The summed E-state index contributed by atoms with van der Waals surface area (Å²) >= 11 is 11.3. The SMILES string of the molecule is CCN1C(=S)N[C@H](c2ccc(Cl)cc2)C(C(=O)OC)=C1C. The molecule has 2 rings (SSSR count). The van der Waals surface area contributed by atoms with Gasteiger partial charge in [0.1, 0.15) is 0 Å². The monoisotopic (exact) mass is 324 g/mol. The lowest BCUT2D eigenvalue weighted by Crippen LogP contribution is -2.47. The van der Waals surface area contributed by atoms with Crippen LogP contribution in [0.25, 0.3) is 0 Å². The van der Waals surface area contributed by atoms with Crippen molar-refractivity contribution in [3.8, 4) is 0 Å². The van der Waals surface area contributed by atoms with Gasteiger partial charge in [-0.1, -0.05) is 23.7 Å². The molecule has 0 fully saturated rings. The second-order valence-corrected chi connectivity index (χ2v) is 5.49. The minimum atomic E-state index is -0.360. The standard InChI is InChI=1S/C15H17ClN2O2S/c1-4-18-9(2)12(14(19)20-3)13(17-15(18)21)10-5-7-11(16)8-6-10/h5-8,13H,4H2,1-3H3,(H,17,21)/t13-/m1/s1. The zero-order valence-corrected chi connectivity index (χ0v) is 13.7. The fraction of sp³-hybridized carbons (Fsp3) is 0.333. The van der Waals surface area contributed by atoms with Crippen molar-refractivity contribution >= 4 is 34.9 Å². The third-order valence-electron chi connectivity index (χ3n) is 3.52. The van der Waals surface area contributed by atoms with Crippen molar-refractivity contribution in [3.63, 3.8) is 0 Å². The number of hydrogen-bond donors (Lipinski definition) is 1. The van der Waals surface area contributed by atoms with Crippen molar-refractivity contribution in [3.05, 3.63) is 46.1 Å². The van der Waals surface area contributed by atoms with Crippen molar-refractivity contribution in [2.45, 2.75) is 19.9 Å². The second kappa shape index (κ2) is 6.45. The Morgan fingerprint density at radius 3 is 2.57 bits per heavy atom. The van der Waals surface area contributed by atoms with E-state index in [0.717, 1.165) is 11.3 Å². The first kappa shape index (κ1) is 15.8. The van der Waals surface area contributed by atoms with E-state index in [1.165, 1.54) is 7.11 Å². The Balaban J connectivity index is 2.52. The first-order valence-electron chi connectivity index (χ1n) is 6.62. The van der Waals surface area contributed by atoms with Gasteiger partial charge in [0, 0.05) is 17.3 Å². The first-order chi connectivity index (χ1) is 9.99. The summed E-state index contributed by atoms with van der Waals surface area (Å²) in [6.07, 6.45) is 0. The lowest BCUT2D eigenvalue weighted by atomic mass is 9.95. The molecular weight excluding hydrogens is 308 g/mol. The summed E-state index contributed by atoms with van der Waals surface area (Å²) in [5.41, 5.74) is 2.29. The number of thiocarbonyl (C=S) groups is 1. The molecule has 1 aromatic rings. The van der Waals surface area contributed by atoms with E-state index in [2.05, 4.69) is 5.32 Å². The molecule has 0 unspecified atom stereocenters. The van der Waals surface area contributed by atoms with Crippen LogP contribution in [-0.4, -0.2) is 29.6 Å². The number of esters is 1. The summed E-state index contributed by atoms with van der Waals surface area (Å²) in [7, 11) is 1.38. The van der Waals surface area contributed by atoms with E-state index in [1.807, 2.05) is 30.9 Å². The van der Waals surface area contributed by atoms with E-state index in [4.69, 9.17) is 28.6 Å². The normalized spacial score (nSPS) is 18.6. The Labute approximate surface area is 134 Å². The lowest BCUT2D eigenvalue weighted by Gasteiger charge is -2.36. The summed E-state index contributed by atoms with van der Waals surface area (Å²) in [5.74, 6) is -0.360. The number of nitrogens with one attached hydrogen (secondary N) is 1. The number of carbonyl (C=O) groups excluding carboxylic acids is 1. The summed E-state index contributed by atoms with van der Waals surface area (Å²) in [5, 5.41) is 4.45. The van der Waals surface area contributed by atoms with Gasteiger partial charge in [-0.3, -0.25) is 0 Å². The number of carbonyl (C=O) groups is 1. The Morgan fingerprint density at radius 1 is 1.43 bits per heavy atom. The number of halogens is 1. The number of rotatable bonds is 3. The van der Waals surface area contributed by atoms with E-state index in [9.17, 15) is 4.79 Å². The number of ether oxygens (including phenoxy) is 1. The molecule has 1 N–H and O–H groups in total. The second-order valence-electron chi connectivity index (χ2n) is 4.67. The molecule has 21 heavy (non-hydrogen) atoms. The predicted molar refractivity (Wildman–Crippen MR) is 87.0 cm³/mol. The molecule has 6 heteroatoms. The minimum absolute atomic E-state index is 0.329. The van der Waals surface area contributed by atoms with Gasteiger partial charge in [0.15, 0.2) is 5.11 Å². The molecule has 1 aliphatic heterocycles. The van der Waals surface area contributed by atoms with E-state index in [1.54, 1.807) is 12.1 Å². The maximum Gasteiger partial charge on any atom is 0.337 e. The molecule has 1 heterocycles. The highest BCUT2D eigenvalue weighted by atomic mass is 35.5. The van der Waals surface area contributed by atoms with Crippen LogP contribution in [-0.2, 0) is 9.53 Å². The molecule has 0 spiro atoms. The molecule has 112 valence electrons. The zero-order chi connectivity index (χ0) is 15.6. The summed E-state index contributed by atoms with van der Waals surface area (Å²) < 4.78 is 4.93. The first-order valence-corrected chi connectivity index (χ1v) is 7.40. The smallest absolute Gasteiger partial charge is 0.337 e. The van der Waals surface area contributed by atoms with Crippen molar-refractivity contribution in [2.75, 3.05) is 13.7 Å². The van der Waals surface area contributed by atoms with Crippen LogP contribution in [0.15, 0.2) is 35.5 Å². The molecule has 1 atom stereocenters. The minimum Gasteiger partial charge on any atom is -0.466 e.